The summed E-state index contributed by atoms with van der Waals surface area (Å²) in [6.45, 7) is 2.28. The number of methoxy groups -OCH3 is 1. The van der Waals surface area contributed by atoms with Crippen LogP contribution < -0.4 is 10.2 Å². The van der Waals surface area contributed by atoms with Crippen LogP contribution in [-0.2, 0) is 25.5 Å². The van der Waals surface area contributed by atoms with Crippen LogP contribution in [0, 0.1) is 12.8 Å². The van der Waals surface area contributed by atoms with Crippen LogP contribution in [0.3, 0.4) is 0 Å². The summed E-state index contributed by atoms with van der Waals surface area (Å²) in [6.07, 6.45) is 0.459. The summed E-state index contributed by atoms with van der Waals surface area (Å²) in [5, 5.41) is 2.77. The number of hydrogen-bond acceptors (Lipinski definition) is 4. The first-order valence-corrected chi connectivity index (χ1v) is 9.27. The second-order valence-corrected chi connectivity index (χ2v) is 7.01. The Morgan fingerprint density at radius 2 is 1.82 bits per heavy atom. The van der Waals surface area contributed by atoms with E-state index >= 15 is 0 Å². The number of anilines is 1. The SMILES string of the molecule is COC(=O)[C@@H](Cc1ccccc1)NC(=O)[C@@H]1CC(=O)N(c2ccc(C)cc2)C1. The second-order valence-electron chi connectivity index (χ2n) is 7.01. The number of amides is 2. The van der Waals surface area contributed by atoms with Crippen molar-refractivity contribution in [2.75, 3.05) is 18.6 Å². The van der Waals surface area contributed by atoms with Gasteiger partial charge in [0.1, 0.15) is 6.04 Å². The van der Waals surface area contributed by atoms with Gasteiger partial charge in [-0.1, -0.05) is 48.0 Å². The molecule has 2 aromatic rings. The molecule has 3 rings (SSSR count). The first-order chi connectivity index (χ1) is 13.5. The van der Waals surface area contributed by atoms with E-state index in [4.69, 9.17) is 4.74 Å². The van der Waals surface area contributed by atoms with Gasteiger partial charge >= 0.3 is 5.97 Å². The summed E-state index contributed by atoms with van der Waals surface area (Å²) in [5.74, 6) is -1.41. The zero-order chi connectivity index (χ0) is 20.1. The van der Waals surface area contributed by atoms with Crippen molar-refractivity contribution in [3.63, 3.8) is 0 Å². The molecule has 0 radical (unpaired) electrons. The van der Waals surface area contributed by atoms with Gasteiger partial charge in [-0.05, 0) is 24.6 Å². The van der Waals surface area contributed by atoms with Crippen molar-refractivity contribution in [1.29, 1.82) is 0 Å². The molecule has 0 saturated carbocycles. The van der Waals surface area contributed by atoms with Gasteiger partial charge in [0, 0.05) is 25.1 Å². The molecule has 2 atom stereocenters. The monoisotopic (exact) mass is 380 g/mol. The standard InChI is InChI=1S/C22H24N2O4/c1-15-8-10-18(11-9-15)24-14-17(13-20(24)25)21(26)23-19(22(27)28-2)12-16-6-4-3-5-7-16/h3-11,17,19H,12-14H2,1-2H3,(H,23,26)/t17-,19-/m1/s1. The Kier molecular flexibility index (Phi) is 6.09. The fraction of sp³-hybridized carbons (Fsp3) is 0.318. The molecule has 0 unspecified atom stereocenters. The number of rotatable bonds is 6. The van der Waals surface area contributed by atoms with Crippen LogP contribution in [0.1, 0.15) is 17.5 Å². The third-order valence-corrected chi connectivity index (χ3v) is 4.93. The van der Waals surface area contributed by atoms with E-state index < -0.39 is 17.9 Å². The van der Waals surface area contributed by atoms with Crippen LogP contribution in [-0.4, -0.2) is 37.5 Å². The van der Waals surface area contributed by atoms with Crippen LogP contribution in [0.25, 0.3) is 0 Å². The maximum Gasteiger partial charge on any atom is 0.328 e. The molecule has 6 heteroatoms. The maximum absolute atomic E-state index is 12.7. The molecule has 0 aromatic heterocycles. The zero-order valence-electron chi connectivity index (χ0n) is 16.1. The van der Waals surface area contributed by atoms with Gasteiger partial charge in [0.15, 0.2) is 0 Å². The molecule has 1 heterocycles. The van der Waals surface area contributed by atoms with Gasteiger partial charge in [-0.3, -0.25) is 9.59 Å². The molecule has 1 saturated heterocycles. The fourth-order valence-electron chi connectivity index (χ4n) is 3.33. The number of ether oxygens (including phenoxy) is 1. The van der Waals surface area contributed by atoms with Crippen LogP contribution in [0.15, 0.2) is 54.6 Å². The van der Waals surface area contributed by atoms with E-state index in [-0.39, 0.29) is 18.2 Å². The summed E-state index contributed by atoms with van der Waals surface area (Å²) in [4.78, 5) is 38.9. The average molecular weight is 380 g/mol. The Bertz CT molecular complexity index is 849. The molecule has 1 N–H and O–H groups in total. The molecule has 1 fully saturated rings. The minimum atomic E-state index is -0.788. The zero-order valence-corrected chi connectivity index (χ0v) is 16.1. The number of carbonyl (C=O) groups excluding carboxylic acids is 3. The minimum absolute atomic E-state index is 0.0957. The Morgan fingerprint density at radius 3 is 2.46 bits per heavy atom. The predicted octanol–water partition coefficient (Wildman–Crippen LogP) is 2.25. The van der Waals surface area contributed by atoms with Crippen molar-refractivity contribution >= 4 is 23.5 Å². The van der Waals surface area contributed by atoms with E-state index in [9.17, 15) is 14.4 Å². The van der Waals surface area contributed by atoms with Crippen molar-refractivity contribution in [3.05, 3.63) is 65.7 Å². The number of esters is 1. The normalized spacial score (nSPS) is 17.3. The Hall–Kier alpha value is -3.15. The summed E-state index contributed by atoms with van der Waals surface area (Å²) < 4.78 is 4.84. The molecule has 1 aliphatic heterocycles. The largest absolute Gasteiger partial charge is 0.467 e. The molecule has 146 valence electrons. The van der Waals surface area contributed by atoms with E-state index in [1.54, 1.807) is 4.90 Å². The topological polar surface area (TPSA) is 75.7 Å². The molecule has 2 amide bonds. The first-order valence-electron chi connectivity index (χ1n) is 9.27. The Balaban J connectivity index is 1.67. The van der Waals surface area contributed by atoms with Crippen LogP contribution in [0.2, 0.25) is 0 Å². The lowest BCUT2D eigenvalue weighted by Crippen LogP contribution is -2.46. The third kappa shape index (κ3) is 4.57. The highest BCUT2D eigenvalue weighted by molar-refractivity contribution is 6.00. The molecular formula is C22H24N2O4. The first kappa shape index (κ1) is 19.6. The van der Waals surface area contributed by atoms with E-state index in [2.05, 4.69) is 5.32 Å². The van der Waals surface area contributed by atoms with Gasteiger partial charge in [0.25, 0.3) is 0 Å². The molecule has 1 aliphatic rings. The fourth-order valence-corrected chi connectivity index (χ4v) is 3.33. The molecular weight excluding hydrogens is 356 g/mol. The summed E-state index contributed by atoms with van der Waals surface area (Å²) in [7, 11) is 1.30. The molecule has 2 aromatic carbocycles. The van der Waals surface area contributed by atoms with Gasteiger partial charge in [0.05, 0.1) is 13.0 Å². The molecule has 0 aliphatic carbocycles. The van der Waals surface area contributed by atoms with E-state index in [0.717, 1.165) is 16.8 Å². The third-order valence-electron chi connectivity index (χ3n) is 4.93. The molecule has 0 bridgehead atoms. The van der Waals surface area contributed by atoms with E-state index in [1.807, 2.05) is 61.5 Å². The quantitative estimate of drug-likeness (QED) is 0.780. The van der Waals surface area contributed by atoms with Crippen LogP contribution in [0.4, 0.5) is 5.69 Å². The smallest absolute Gasteiger partial charge is 0.328 e. The van der Waals surface area contributed by atoms with Gasteiger partial charge < -0.3 is 15.0 Å². The summed E-state index contributed by atoms with van der Waals surface area (Å²) >= 11 is 0. The van der Waals surface area contributed by atoms with Crippen LogP contribution in [0.5, 0.6) is 0 Å². The van der Waals surface area contributed by atoms with Gasteiger partial charge in [0.2, 0.25) is 11.8 Å². The number of carbonyl (C=O) groups is 3. The van der Waals surface area contributed by atoms with Crippen molar-refractivity contribution < 1.29 is 19.1 Å². The lowest BCUT2D eigenvalue weighted by atomic mass is 10.0. The predicted molar refractivity (Wildman–Crippen MR) is 106 cm³/mol. The molecule has 0 spiro atoms. The summed E-state index contributed by atoms with van der Waals surface area (Å²) in [6, 6.07) is 16.2. The highest BCUT2D eigenvalue weighted by Gasteiger charge is 2.36. The number of nitrogens with one attached hydrogen (secondary N) is 1. The highest BCUT2D eigenvalue weighted by atomic mass is 16.5. The molecule has 28 heavy (non-hydrogen) atoms. The Labute approximate surface area is 164 Å². The summed E-state index contributed by atoms with van der Waals surface area (Å²) in [5.41, 5.74) is 2.80. The maximum atomic E-state index is 12.7. The second kappa shape index (κ2) is 8.69. The van der Waals surface area contributed by atoms with Crippen molar-refractivity contribution in [3.8, 4) is 0 Å². The van der Waals surface area contributed by atoms with E-state index in [1.165, 1.54) is 7.11 Å². The van der Waals surface area contributed by atoms with Crippen molar-refractivity contribution in [2.24, 2.45) is 5.92 Å². The van der Waals surface area contributed by atoms with Gasteiger partial charge in [-0.2, -0.15) is 0 Å². The average Bonchev–Trinajstić information content (AvgIpc) is 3.10. The van der Waals surface area contributed by atoms with Gasteiger partial charge in [-0.15, -0.1) is 0 Å². The lowest BCUT2D eigenvalue weighted by molar-refractivity contribution is -0.145. The van der Waals surface area contributed by atoms with Crippen molar-refractivity contribution in [2.45, 2.75) is 25.8 Å². The molecule has 6 nitrogen and oxygen atoms in total. The highest BCUT2D eigenvalue weighted by Crippen LogP contribution is 2.25. The van der Waals surface area contributed by atoms with Gasteiger partial charge in [-0.25, -0.2) is 4.79 Å². The number of benzene rings is 2. The van der Waals surface area contributed by atoms with E-state index in [0.29, 0.717) is 13.0 Å². The number of hydrogen-bond donors (Lipinski definition) is 1. The number of nitrogens with zero attached hydrogens (tertiary/aromatic N) is 1. The minimum Gasteiger partial charge on any atom is -0.467 e. The van der Waals surface area contributed by atoms with Crippen molar-refractivity contribution in [1.82, 2.24) is 5.32 Å². The lowest BCUT2D eigenvalue weighted by Gasteiger charge is -2.20. The number of aryl methyl sites for hydroxylation is 1. The Morgan fingerprint density at radius 1 is 1.14 bits per heavy atom. The van der Waals surface area contributed by atoms with Crippen LogP contribution >= 0.6 is 0 Å².